The minimum atomic E-state index is -0.779. The van der Waals surface area contributed by atoms with Gasteiger partial charge >= 0.3 is 5.97 Å². The Bertz CT molecular complexity index is 1520. The Labute approximate surface area is 226 Å². The molecule has 0 bridgehead atoms. The number of allylic oxidation sites excluding steroid dienone is 1. The van der Waals surface area contributed by atoms with Crippen molar-refractivity contribution in [1.29, 1.82) is 0 Å². The molecule has 0 aliphatic carbocycles. The molecule has 1 aromatic heterocycles. The molecule has 1 unspecified atom stereocenters. The molecule has 2 heterocycles. The maximum Gasteiger partial charge on any atom is 0.338 e. The average molecular weight is 587 g/mol. The molecule has 10 heteroatoms. The standard InChI is InChI=1S/C27H27BrN2O6S/c1-5-35-20-11-10-18(28)14-17(20)15-22-25(31)30-24(19-8-6-7-9-21(19)34-4)23(16(2)29-27(30)37-22)26(32)36-13-12-33-3/h6-11,14-15,24H,5,12-13H2,1-4H3. The van der Waals surface area contributed by atoms with Crippen LogP contribution in [0.3, 0.4) is 0 Å². The Kier molecular flexibility index (Phi) is 8.63. The van der Waals surface area contributed by atoms with Gasteiger partial charge in [0.2, 0.25) is 0 Å². The number of aromatic nitrogens is 1. The molecule has 1 aliphatic heterocycles. The number of hydrogen-bond acceptors (Lipinski definition) is 8. The van der Waals surface area contributed by atoms with Crippen LogP contribution in [0.5, 0.6) is 11.5 Å². The number of halogens is 1. The lowest BCUT2D eigenvalue weighted by molar-refractivity contribution is -0.140. The predicted octanol–water partition coefficient (Wildman–Crippen LogP) is 3.59. The number of rotatable bonds is 9. The van der Waals surface area contributed by atoms with Crippen molar-refractivity contribution in [1.82, 2.24) is 4.57 Å². The molecule has 1 aliphatic rings. The van der Waals surface area contributed by atoms with E-state index >= 15 is 0 Å². The summed E-state index contributed by atoms with van der Waals surface area (Å²) in [4.78, 5) is 32.3. The lowest BCUT2D eigenvalue weighted by atomic mass is 9.95. The fraction of sp³-hybridized carbons (Fsp3) is 0.296. The highest BCUT2D eigenvalue weighted by atomic mass is 79.9. The normalized spacial score (nSPS) is 15.3. The van der Waals surface area contributed by atoms with Gasteiger partial charge in [-0.2, -0.15) is 0 Å². The lowest BCUT2D eigenvalue weighted by Crippen LogP contribution is -2.40. The second-order valence-corrected chi connectivity index (χ2v) is 9.99. The van der Waals surface area contributed by atoms with Gasteiger partial charge in [0.25, 0.3) is 5.56 Å². The van der Waals surface area contributed by atoms with Crippen LogP contribution in [0.2, 0.25) is 0 Å². The molecular weight excluding hydrogens is 560 g/mol. The molecule has 0 saturated carbocycles. The molecule has 3 aromatic rings. The molecule has 0 N–H and O–H groups in total. The average Bonchev–Trinajstić information content (AvgIpc) is 3.19. The van der Waals surface area contributed by atoms with Crippen molar-refractivity contribution in [2.24, 2.45) is 4.99 Å². The van der Waals surface area contributed by atoms with Gasteiger partial charge in [0.1, 0.15) is 24.1 Å². The number of ether oxygens (including phenoxy) is 4. The highest BCUT2D eigenvalue weighted by molar-refractivity contribution is 9.10. The highest BCUT2D eigenvalue weighted by Gasteiger charge is 2.35. The quantitative estimate of drug-likeness (QED) is 0.281. The number of thiazole rings is 1. The van der Waals surface area contributed by atoms with Gasteiger partial charge in [-0.1, -0.05) is 45.5 Å². The van der Waals surface area contributed by atoms with E-state index in [4.69, 9.17) is 18.9 Å². The Hall–Kier alpha value is -3.21. The Morgan fingerprint density at radius 2 is 1.95 bits per heavy atom. The zero-order valence-electron chi connectivity index (χ0n) is 20.9. The summed E-state index contributed by atoms with van der Waals surface area (Å²) in [6.07, 6.45) is 1.79. The summed E-state index contributed by atoms with van der Waals surface area (Å²) >= 11 is 4.75. The zero-order valence-corrected chi connectivity index (χ0v) is 23.4. The molecular formula is C27H27BrN2O6S. The molecule has 0 radical (unpaired) electrons. The fourth-order valence-corrected chi connectivity index (χ4v) is 5.54. The van der Waals surface area contributed by atoms with E-state index < -0.39 is 12.0 Å². The smallest absolute Gasteiger partial charge is 0.338 e. The van der Waals surface area contributed by atoms with Crippen LogP contribution in [-0.2, 0) is 14.3 Å². The van der Waals surface area contributed by atoms with Crippen molar-refractivity contribution in [3.05, 3.63) is 89.0 Å². The number of fused-ring (bicyclic) bond motifs is 1. The first-order valence-corrected chi connectivity index (χ1v) is 13.2. The van der Waals surface area contributed by atoms with Crippen LogP contribution in [-0.4, -0.2) is 44.6 Å². The third kappa shape index (κ3) is 5.56. The van der Waals surface area contributed by atoms with Crippen molar-refractivity contribution in [2.75, 3.05) is 34.0 Å². The van der Waals surface area contributed by atoms with E-state index in [2.05, 4.69) is 20.9 Å². The number of methoxy groups -OCH3 is 2. The van der Waals surface area contributed by atoms with Crippen molar-refractivity contribution in [2.45, 2.75) is 19.9 Å². The number of esters is 1. The molecule has 4 rings (SSSR count). The number of nitrogens with zero attached hydrogens (tertiary/aromatic N) is 2. The summed E-state index contributed by atoms with van der Waals surface area (Å²) in [6, 6.07) is 12.2. The maximum atomic E-state index is 13.9. The van der Waals surface area contributed by atoms with Crippen molar-refractivity contribution < 1.29 is 23.7 Å². The van der Waals surface area contributed by atoms with Gasteiger partial charge in [-0.15, -0.1) is 0 Å². The van der Waals surface area contributed by atoms with Crippen LogP contribution in [0.25, 0.3) is 6.08 Å². The van der Waals surface area contributed by atoms with Gasteiger partial charge in [0, 0.05) is 22.7 Å². The van der Waals surface area contributed by atoms with E-state index in [0.717, 1.165) is 10.0 Å². The van der Waals surface area contributed by atoms with E-state index in [1.807, 2.05) is 43.3 Å². The van der Waals surface area contributed by atoms with E-state index in [1.165, 1.54) is 23.0 Å². The summed E-state index contributed by atoms with van der Waals surface area (Å²) in [5, 5.41) is 0. The summed E-state index contributed by atoms with van der Waals surface area (Å²) in [6.45, 7) is 4.48. The van der Waals surface area contributed by atoms with Gasteiger partial charge in [-0.05, 0) is 44.2 Å². The van der Waals surface area contributed by atoms with Crippen LogP contribution in [0, 0.1) is 0 Å². The van der Waals surface area contributed by atoms with Gasteiger partial charge in [-0.3, -0.25) is 9.36 Å². The van der Waals surface area contributed by atoms with Gasteiger partial charge in [-0.25, -0.2) is 9.79 Å². The third-order valence-corrected chi connectivity index (χ3v) is 7.23. The van der Waals surface area contributed by atoms with Gasteiger partial charge < -0.3 is 18.9 Å². The van der Waals surface area contributed by atoms with Crippen molar-refractivity contribution in [3.63, 3.8) is 0 Å². The molecule has 0 spiro atoms. The highest BCUT2D eigenvalue weighted by Crippen LogP contribution is 2.35. The molecule has 37 heavy (non-hydrogen) atoms. The summed E-state index contributed by atoms with van der Waals surface area (Å²) in [5.41, 5.74) is 1.88. The molecule has 1 atom stereocenters. The number of carbonyl (C=O) groups excluding carboxylic acids is 1. The van der Waals surface area contributed by atoms with Crippen LogP contribution in [0.1, 0.15) is 31.0 Å². The van der Waals surface area contributed by atoms with E-state index in [-0.39, 0.29) is 24.3 Å². The Morgan fingerprint density at radius 1 is 1.16 bits per heavy atom. The number of para-hydroxylation sites is 1. The Morgan fingerprint density at radius 3 is 2.68 bits per heavy atom. The summed E-state index contributed by atoms with van der Waals surface area (Å²) in [7, 11) is 3.08. The topological polar surface area (TPSA) is 88.4 Å². The molecule has 0 amide bonds. The summed E-state index contributed by atoms with van der Waals surface area (Å²) in [5.74, 6) is 0.648. The molecule has 2 aromatic carbocycles. The van der Waals surface area contributed by atoms with Crippen LogP contribution in [0.4, 0.5) is 0 Å². The molecule has 0 saturated heterocycles. The SMILES string of the molecule is CCOc1ccc(Br)cc1C=c1sc2n(c1=O)C(c1ccccc1OC)C(C(=O)OCCOC)=C(C)N=2. The van der Waals surface area contributed by atoms with E-state index in [1.54, 1.807) is 26.2 Å². The predicted molar refractivity (Wildman–Crippen MR) is 145 cm³/mol. The number of carbonyl (C=O) groups is 1. The second-order valence-electron chi connectivity index (χ2n) is 8.07. The van der Waals surface area contributed by atoms with Gasteiger partial charge in [0.05, 0.1) is 36.1 Å². The van der Waals surface area contributed by atoms with Crippen molar-refractivity contribution >= 4 is 39.3 Å². The zero-order chi connectivity index (χ0) is 26.5. The fourth-order valence-electron chi connectivity index (χ4n) is 4.12. The largest absolute Gasteiger partial charge is 0.496 e. The van der Waals surface area contributed by atoms with Crippen LogP contribution >= 0.6 is 27.3 Å². The molecule has 194 valence electrons. The Balaban J connectivity index is 1.94. The van der Waals surface area contributed by atoms with Crippen molar-refractivity contribution in [3.8, 4) is 11.5 Å². The molecule has 8 nitrogen and oxygen atoms in total. The second kappa shape index (κ2) is 11.9. The third-order valence-electron chi connectivity index (χ3n) is 5.75. The number of hydrogen-bond donors (Lipinski definition) is 0. The summed E-state index contributed by atoms with van der Waals surface area (Å²) < 4.78 is 24.7. The van der Waals surface area contributed by atoms with Gasteiger partial charge in [0.15, 0.2) is 4.80 Å². The monoisotopic (exact) mass is 586 g/mol. The first-order valence-electron chi connectivity index (χ1n) is 11.6. The number of benzene rings is 2. The van der Waals surface area contributed by atoms with E-state index in [9.17, 15) is 9.59 Å². The minimum absolute atomic E-state index is 0.0816. The maximum absolute atomic E-state index is 13.9. The van der Waals surface area contributed by atoms with Crippen LogP contribution in [0.15, 0.2) is 68.0 Å². The molecule has 0 fully saturated rings. The first-order chi connectivity index (χ1) is 17.9. The first kappa shape index (κ1) is 26.8. The van der Waals surface area contributed by atoms with Crippen LogP contribution < -0.4 is 24.4 Å². The van der Waals surface area contributed by atoms with E-state index in [0.29, 0.717) is 38.7 Å². The minimum Gasteiger partial charge on any atom is -0.496 e. The lowest BCUT2D eigenvalue weighted by Gasteiger charge is -2.26.